The summed E-state index contributed by atoms with van der Waals surface area (Å²) in [4.78, 5) is 0. The number of aliphatic hydroxyl groups is 1. The van der Waals surface area contributed by atoms with E-state index >= 15 is 0 Å². The molecule has 3 N–H and O–H groups in total. The van der Waals surface area contributed by atoms with Crippen molar-refractivity contribution >= 4 is 0 Å². The van der Waals surface area contributed by atoms with Gasteiger partial charge in [-0.2, -0.15) is 0 Å². The molecule has 0 bridgehead atoms. The Morgan fingerprint density at radius 2 is 2.00 bits per heavy atom. The number of benzene rings is 1. The third-order valence-electron chi connectivity index (χ3n) is 4.26. The van der Waals surface area contributed by atoms with E-state index in [0.717, 1.165) is 6.42 Å². The molecule has 0 aromatic heterocycles. The van der Waals surface area contributed by atoms with Crippen molar-refractivity contribution in [1.29, 1.82) is 0 Å². The Hall–Kier alpha value is -0.860. The summed E-state index contributed by atoms with van der Waals surface area (Å²) >= 11 is 0. The van der Waals surface area contributed by atoms with Gasteiger partial charge in [0.15, 0.2) is 0 Å². The fourth-order valence-corrected chi connectivity index (χ4v) is 3.15. The van der Waals surface area contributed by atoms with Crippen molar-refractivity contribution in [3.63, 3.8) is 0 Å². The molecule has 0 amide bonds. The van der Waals surface area contributed by atoms with Gasteiger partial charge in [0.1, 0.15) is 0 Å². The summed E-state index contributed by atoms with van der Waals surface area (Å²) in [7, 11) is 0. The summed E-state index contributed by atoms with van der Waals surface area (Å²) in [5, 5.41) is 10.6. The molecule has 1 aromatic carbocycles. The molecular weight excluding hydrogens is 210 g/mol. The third kappa shape index (κ3) is 2.70. The molecule has 1 fully saturated rings. The highest BCUT2D eigenvalue weighted by atomic mass is 16.3. The summed E-state index contributed by atoms with van der Waals surface area (Å²) < 4.78 is 0. The minimum atomic E-state index is -0.292. The van der Waals surface area contributed by atoms with Gasteiger partial charge in [-0.1, -0.05) is 50.1 Å². The average Bonchev–Trinajstić information content (AvgIpc) is 2.77. The van der Waals surface area contributed by atoms with Crippen molar-refractivity contribution in [2.45, 2.75) is 38.2 Å². The zero-order valence-electron chi connectivity index (χ0n) is 10.5. The molecule has 2 nitrogen and oxygen atoms in total. The maximum absolute atomic E-state index is 10.6. The van der Waals surface area contributed by atoms with Crippen LogP contribution in [0.5, 0.6) is 0 Å². The molecule has 0 radical (unpaired) electrons. The van der Waals surface area contributed by atoms with Gasteiger partial charge >= 0.3 is 0 Å². The van der Waals surface area contributed by atoms with E-state index < -0.39 is 0 Å². The second-order valence-electron chi connectivity index (χ2n) is 5.32. The lowest BCUT2D eigenvalue weighted by Gasteiger charge is -2.29. The van der Waals surface area contributed by atoms with Gasteiger partial charge in [0, 0.05) is 12.5 Å². The molecule has 4 unspecified atom stereocenters. The van der Waals surface area contributed by atoms with E-state index in [4.69, 9.17) is 5.73 Å². The highest BCUT2D eigenvalue weighted by molar-refractivity contribution is 5.21. The molecular formula is C15H23NO. The lowest BCUT2D eigenvalue weighted by Crippen LogP contribution is -2.33. The quantitative estimate of drug-likeness (QED) is 0.839. The van der Waals surface area contributed by atoms with Gasteiger partial charge in [-0.3, -0.25) is 0 Å². The lowest BCUT2D eigenvalue weighted by atomic mass is 9.81. The molecule has 17 heavy (non-hydrogen) atoms. The number of nitrogens with two attached hydrogens (primary N) is 1. The van der Waals surface area contributed by atoms with Crippen molar-refractivity contribution in [2.24, 2.45) is 17.6 Å². The third-order valence-corrected chi connectivity index (χ3v) is 4.26. The highest BCUT2D eigenvalue weighted by Crippen LogP contribution is 2.38. The van der Waals surface area contributed by atoms with E-state index in [1.54, 1.807) is 0 Å². The van der Waals surface area contributed by atoms with Crippen LogP contribution in [-0.4, -0.2) is 17.8 Å². The Bertz CT molecular complexity index is 338. The van der Waals surface area contributed by atoms with Gasteiger partial charge in [-0.25, -0.2) is 0 Å². The molecule has 1 aliphatic rings. The Labute approximate surface area is 104 Å². The van der Waals surface area contributed by atoms with Crippen LogP contribution in [-0.2, 0) is 0 Å². The minimum Gasteiger partial charge on any atom is -0.392 e. The first kappa shape index (κ1) is 12.6. The number of aliphatic hydroxyl groups excluding tert-OH is 1. The van der Waals surface area contributed by atoms with E-state index in [0.29, 0.717) is 18.4 Å². The normalized spacial score (nSPS) is 27.9. The Kier molecular flexibility index (Phi) is 4.19. The highest BCUT2D eigenvalue weighted by Gasteiger charge is 2.34. The summed E-state index contributed by atoms with van der Waals surface area (Å²) in [5.41, 5.74) is 7.03. The van der Waals surface area contributed by atoms with Crippen LogP contribution in [0.25, 0.3) is 0 Å². The molecule has 0 aliphatic heterocycles. The lowest BCUT2D eigenvalue weighted by molar-refractivity contribution is 0.0665. The Morgan fingerprint density at radius 1 is 1.29 bits per heavy atom. The standard InChI is InChI=1S/C15H23NO/c1-11-6-5-9-13(11)15(17)14(10-16)12-7-3-2-4-8-12/h2-4,7-8,11,13-15,17H,5-6,9-10,16H2,1H3. The van der Waals surface area contributed by atoms with E-state index in [1.807, 2.05) is 18.2 Å². The summed E-state index contributed by atoms with van der Waals surface area (Å²) in [6.45, 7) is 2.77. The van der Waals surface area contributed by atoms with Crippen LogP contribution in [0.3, 0.4) is 0 Å². The van der Waals surface area contributed by atoms with E-state index in [1.165, 1.54) is 18.4 Å². The van der Waals surface area contributed by atoms with Crippen LogP contribution in [0.1, 0.15) is 37.7 Å². The summed E-state index contributed by atoms with van der Waals surface area (Å²) in [5.74, 6) is 1.13. The predicted molar refractivity (Wildman–Crippen MR) is 70.7 cm³/mol. The van der Waals surface area contributed by atoms with E-state index in [-0.39, 0.29) is 12.0 Å². The maximum Gasteiger partial charge on any atom is 0.0651 e. The SMILES string of the molecule is CC1CCCC1C(O)C(CN)c1ccccc1. The Balaban J connectivity index is 2.13. The van der Waals surface area contributed by atoms with Crippen molar-refractivity contribution in [3.05, 3.63) is 35.9 Å². The van der Waals surface area contributed by atoms with Crippen molar-refractivity contribution < 1.29 is 5.11 Å². The van der Waals surface area contributed by atoms with Crippen molar-refractivity contribution in [3.8, 4) is 0 Å². The molecule has 1 aliphatic carbocycles. The Morgan fingerprint density at radius 3 is 2.53 bits per heavy atom. The van der Waals surface area contributed by atoms with Gasteiger partial charge in [0.05, 0.1) is 6.10 Å². The van der Waals surface area contributed by atoms with Crippen LogP contribution >= 0.6 is 0 Å². The predicted octanol–water partition coefficient (Wildman–Crippen LogP) is 2.53. The smallest absolute Gasteiger partial charge is 0.0651 e. The fraction of sp³-hybridized carbons (Fsp3) is 0.600. The zero-order valence-corrected chi connectivity index (χ0v) is 10.5. The molecule has 1 aromatic rings. The zero-order chi connectivity index (χ0) is 12.3. The first-order valence-corrected chi connectivity index (χ1v) is 6.67. The number of hydrogen-bond donors (Lipinski definition) is 2. The minimum absolute atomic E-state index is 0.0850. The van der Waals surface area contributed by atoms with Gasteiger partial charge in [0.2, 0.25) is 0 Å². The van der Waals surface area contributed by atoms with Crippen LogP contribution < -0.4 is 5.73 Å². The van der Waals surface area contributed by atoms with Gasteiger partial charge in [0.25, 0.3) is 0 Å². The molecule has 1 saturated carbocycles. The molecule has 2 rings (SSSR count). The summed E-state index contributed by atoms with van der Waals surface area (Å²) in [6, 6.07) is 10.2. The first-order valence-electron chi connectivity index (χ1n) is 6.67. The van der Waals surface area contributed by atoms with E-state index in [9.17, 15) is 5.11 Å². The van der Waals surface area contributed by atoms with Gasteiger partial charge in [-0.15, -0.1) is 0 Å². The monoisotopic (exact) mass is 233 g/mol. The molecule has 94 valence electrons. The van der Waals surface area contributed by atoms with Crippen molar-refractivity contribution in [2.75, 3.05) is 6.54 Å². The largest absolute Gasteiger partial charge is 0.392 e. The van der Waals surface area contributed by atoms with Crippen LogP contribution in [0.4, 0.5) is 0 Å². The van der Waals surface area contributed by atoms with E-state index in [2.05, 4.69) is 19.1 Å². The van der Waals surface area contributed by atoms with Crippen LogP contribution in [0.15, 0.2) is 30.3 Å². The second-order valence-corrected chi connectivity index (χ2v) is 5.32. The first-order chi connectivity index (χ1) is 8.24. The van der Waals surface area contributed by atoms with Crippen LogP contribution in [0.2, 0.25) is 0 Å². The molecule has 0 saturated heterocycles. The van der Waals surface area contributed by atoms with Gasteiger partial charge in [-0.05, 0) is 23.8 Å². The van der Waals surface area contributed by atoms with Gasteiger partial charge < -0.3 is 10.8 Å². The molecule has 0 heterocycles. The van der Waals surface area contributed by atoms with Crippen molar-refractivity contribution in [1.82, 2.24) is 0 Å². The molecule has 4 atom stereocenters. The van der Waals surface area contributed by atoms with Crippen LogP contribution in [0, 0.1) is 11.8 Å². The number of rotatable bonds is 4. The second kappa shape index (κ2) is 5.65. The molecule has 0 spiro atoms. The average molecular weight is 233 g/mol. The maximum atomic E-state index is 10.6. The number of hydrogen-bond acceptors (Lipinski definition) is 2. The fourth-order valence-electron chi connectivity index (χ4n) is 3.15. The topological polar surface area (TPSA) is 46.2 Å². The summed E-state index contributed by atoms with van der Waals surface area (Å²) in [6.07, 6.45) is 3.34. The molecule has 2 heteroatoms.